The fourth-order valence-electron chi connectivity index (χ4n) is 3.03. The van der Waals surface area contributed by atoms with E-state index in [1.54, 1.807) is 12.0 Å². The summed E-state index contributed by atoms with van der Waals surface area (Å²) < 4.78 is 5.29. The van der Waals surface area contributed by atoms with E-state index in [0.29, 0.717) is 5.92 Å². The molecule has 3 heteroatoms. The second-order valence-electron chi connectivity index (χ2n) is 5.51. The summed E-state index contributed by atoms with van der Waals surface area (Å²) in [5, 5.41) is 0. The Bertz CT molecular complexity index is 442. The molecule has 1 saturated carbocycles. The number of rotatable bonds is 3. The monoisotopic (exact) mass is 261 g/mol. The lowest BCUT2D eigenvalue weighted by Crippen LogP contribution is -2.35. The summed E-state index contributed by atoms with van der Waals surface area (Å²) in [4.78, 5) is 14.1. The average Bonchev–Trinajstić information content (AvgIpc) is 2.46. The van der Waals surface area contributed by atoms with E-state index in [0.717, 1.165) is 25.0 Å². The number of methoxy groups -OCH3 is 1. The number of benzene rings is 1. The molecule has 1 amide bonds. The van der Waals surface area contributed by atoms with Crippen molar-refractivity contribution in [3.8, 4) is 5.75 Å². The standard InChI is InChI=1S/C16H23NO2/c1-17(2)16(18)15-10-5-4-9-14(15)12-7-6-8-13(11-12)19-3/h6-8,11,14-15H,4-5,9-10H2,1-3H3. The van der Waals surface area contributed by atoms with E-state index in [2.05, 4.69) is 12.1 Å². The highest BCUT2D eigenvalue weighted by molar-refractivity contribution is 5.79. The maximum atomic E-state index is 12.3. The fourth-order valence-corrected chi connectivity index (χ4v) is 3.03. The number of nitrogens with zero attached hydrogens (tertiary/aromatic N) is 1. The zero-order chi connectivity index (χ0) is 13.8. The van der Waals surface area contributed by atoms with Gasteiger partial charge in [-0.05, 0) is 36.5 Å². The summed E-state index contributed by atoms with van der Waals surface area (Å²) in [5.41, 5.74) is 1.24. The zero-order valence-corrected chi connectivity index (χ0v) is 12.1. The van der Waals surface area contributed by atoms with Gasteiger partial charge in [0, 0.05) is 20.0 Å². The molecule has 1 fully saturated rings. The van der Waals surface area contributed by atoms with Gasteiger partial charge in [0.1, 0.15) is 5.75 Å². The van der Waals surface area contributed by atoms with Gasteiger partial charge in [0.2, 0.25) is 5.91 Å². The van der Waals surface area contributed by atoms with Crippen LogP contribution in [0.4, 0.5) is 0 Å². The van der Waals surface area contributed by atoms with Crippen LogP contribution in [0.25, 0.3) is 0 Å². The third-order valence-electron chi connectivity index (χ3n) is 4.05. The molecule has 2 atom stereocenters. The highest BCUT2D eigenvalue weighted by Gasteiger charge is 2.32. The van der Waals surface area contributed by atoms with Crippen molar-refractivity contribution in [3.05, 3.63) is 29.8 Å². The van der Waals surface area contributed by atoms with Crippen LogP contribution in [0.1, 0.15) is 37.2 Å². The summed E-state index contributed by atoms with van der Waals surface area (Å²) in [5.74, 6) is 1.58. The third kappa shape index (κ3) is 3.09. The predicted molar refractivity (Wildman–Crippen MR) is 76.4 cm³/mol. The number of hydrogen-bond donors (Lipinski definition) is 0. The van der Waals surface area contributed by atoms with Crippen molar-refractivity contribution in [1.29, 1.82) is 0 Å². The van der Waals surface area contributed by atoms with Gasteiger partial charge in [-0.25, -0.2) is 0 Å². The first-order valence-electron chi connectivity index (χ1n) is 6.98. The van der Waals surface area contributed by atoms with Gasteiger partial charge in [-0.2, -0.15) is 0 Å². The first-order chi connectivity index (χ1) is 9.13. The highest BCUT2D eigenvalue weighted by Crippen LogP contribution is 2.39. The summed E-state index contributed by atoms with van der Waals surface area (Å²) in [6, 6.07) is 8.16. The molecule has 0 bridgehead atoms. The van der Waals surface area contributed by atoms with Crippen LogP contribution in [-0.2, 0) is 4.79 Å². The Morgan fingerprint density at radius 3 is 2.68 bits per heavy atom. The van der Waals surface area contributed by atoms with E-state index in [-0.39, 0.29) is 11.8 Å². The Morgan fingerprint density at radius 1 is 1.26 bits per heavy atom. The Kier molecular flexibility index (Phi) is 4.46. The molecular weight excluding hydrogens is 238 g/mol. The molecule has 0 heterocycles. The molecule has 104 valence electrons. The van der Waals surface area contributed by atoms with Crippen molar-refractivity contribution in [1.82, 2.24) is 4.90 Å². The Labute approximate surface area is 115 Å². The van der Waals surface area contributed by atoms with Gasteiger partial charge in [-0.1, -0.05) is 25.0 Å². The molecule has 1 aliphatic carbocycles. The topological polar surface area (TPSA) is 29.5 Å². The SMILES string of the molecule is COc1cccc(C2CCCCC2C(=O)N(C)C)c1. The van der Waals surface area contributed by atoms with Crippen LogP contribution in [0.15, 0.2) is 24.3 Å². The van der Waals surface area contributed by atoms with E-state index in [1.165, 1.54) is 12.0 Å². The largest absolute Gasteiger partial charge is 0.497 e. The number of carbonyl (C=O) groups excluding carboxylic acids is 1. The van der Waals surface area contributed by atoms with Crippen molar-refractivity contribution in [2.24, 2.45) is 5.92 Å². The molecule has 1 aromatic rings. The Balaban J connectivity index is 2.25. The van der Waals surface area contributed by atoms with Crippen molar-refractivity contribution in [2.45, 2.75) is 31.6 Å². The molecule has 1 aromatic carbocycles. The van der Waals surface area contributed by atoms with Crippen LogP contribution in [0.3, 0.4) is 0 Å². The van der Waals surface area contributed by atoms with Gasteiger partial charge < -0.3 is 9.64 Å². The molecule has 0 N–H and O–H groups in total. The smallest absolute Gasteiger partial charge is 0.225 e. The van der Waals surface area contributed by atoms with E-state index >= 15 is 0 Å². The van der Waals surface area contributed by atoms with Gasteiger partial charge in [-0.3, -0.25) is 4.79 Å². The van der Waals surface area contributed by atoms with Gasteiger partial charge in [0.05, 0.1) is 7.11 Å². The summed E-state index contributed by atoms with van der Waals surface area (Å²) in [6.07, 6.45) is 4.46. The summed E-state index contributed by atoms with van der Waals surface area (Å²) in [7, 11) is 5.38. The van der Waals surface area contributed by atoms with Gasteiger partial charge in [-0.15, -0.1) is 0 Å². The third-order valence-corrected chi connectivity index (χ3v) is 4.05. The lowest BCUT2D eigenvalue weighted by Gasteiger charge is -2.32. The minimum Gasteiger partial charge on any atom is -0.497 e. The second kappa shape index (κ2) is 6.09. The van der Waals surface area contributed by atoms with Crippen LogP contribution in [-0.4, -0.2) is 32.0 Å². The van der Waals surface area contributed by atoms with Crippen LogP contribution >= 0.6 is 0 Å². The van der Waals surface area contributed by atoms with E-state index in [1.807, 2.05) is 26.2 Å². The number of hydrogen-bond acceptors (Lipinski definition) is 2. The molecular formula is C16H23NO2. The molecule has 0 aromatic heterocycles. The van der Waals surface area contributed by atoms with Crippen molar-refractivity contribution in [3.63, 3.8) is 0 Å². The number of ether oxygens (including phenoxy) is 1. The average molecular weight is 261 g/mol. The van der Waals surface area contributed by atoms with Gasteiger partial charge >= 0.3 is 0 Å². The van der Waals surface area contributed by atoms with Crippen LogP contribution in [0.5, 0.6) is 5.75 Å². The predicted octanol–water partition coefficient (Wildman–Crippen LogP) is 3.06. The fraction of sp³-hybridized carbons (Fsp3) is 0.562. The van der Waals surface area contributed by atoms with E-state index in [4.69, 9.17) is 4.74 Å². The van der Waals surface area contributed by atoms with Crippen LogP contribution < -0.4 is 4.74 Å². The molecule has 2 rings (SSSR count). The maximum absolute atomic E-state index is 12.3. The van der Waals surface area contributed by atoms with Crippen LogP contribution in [0, 0.1) is 5.92 Å². The van der Waals surface area contributed by atoms with Crippen molar-refractivity contribution < 1.29 is 9.53 Å². The highest BCUT2D eigenvalue weighted by atomic mass is 16.5. The minimum atomic E-state index is 0.121. The van der Waals surface area contributed by atoms with E-state index < -0.39 is 0 Å². The number of carbonyl (C=O) groups is 1. The molecule has 0 saturated heterocycles. The van der Waals surface area contributed by atoms with Crippen molar-refractivity contribution >= 4 is 5.91 Å². The van der Waals surface area contributed by atoms with Crippen molar-refractivity contribution in [2.75, 3.05) is 21.2 Å². The van der Waals surface area contributed by atoms with Gasteiger partial charge in [0.25, 0.3) is 0 Å². The van der Waals surface area contributed by atoms with Gasteiger partial charge in [0.15, 0.2) is 0 Å². The summed E-state index contributed by atoms with van der Waals surface area (Å²) >= 11 is 0. The molecule has 3 nitrogen and oxygen atoms in total. The molecule has 19 heavy (non-hydrogen) atoms. The van der Waals surface area contributed by atoms with Crippen LogP contribution in [0.2, 0.25) is 0 Å². The first kappa shape index (κ1) is 13.9. The first-order valence-corrected chi connectivity index (χ1v) is 6.98. The minimum absolute atomic E-state index is 0.121. The zero-order valence-electron chi connectivity index (χ0n) is 12.1. The normalized spacial score (nSPS) is 22.9. The number of amides is 1. The van der Waals surface area contributed by atoms with E-state index in [9.17, 15) is 4.79 Å². The summed E-state index contributed by atoms with van der Waals surface area (Å²) in [6.45, 7) is 0. The molecule has 2 unspecified atom stereocenters. The maximum Gasteiger partial charge on any atom is 0.225 e. The lowest BCUT2D eigenvalue weighted by atomic mass is 9.75. The second-order valence-corrected chi connectivity index (χ2v) is 5.51. The molecule has 1 aliphatic rings. The molecule has 0 spiro atoms. The Morgan fingerprint density at radius 2 is 2.00 bits per heavy atom. The Hall–Kier alpha value is -1.51. The molecule has 0 aliphatic heterocycles. The quantitative estimate of drug-likeness (QED) is 0.837. The molecule has 0 radical (unpaired) electrons. The lowest BCUT2D eigenvalue weighted by molar-refractivity contribution is -0.134.